The van der Waals surface area contributed by atoms with Crippen LogP contribution < -0.4 is 0 Å². The van der Waals surface area contributed by atoms with Crippen molar-refractivity contribution in [1.82, 2.24) is 4.90 Å². The molecule has 0 atom stereocenters. The molecule has 0 radical (unpaired) electrons. The normalized spacial score (nSPS) is 16.5. The number of carbonyl (C=O) groups excluding carboxylic acids is 1. The van der Waals surface area contributed by atoms with E-state index in [4.69, 9.17) is 14.4 Å². The highest BCUT2D eigenvalue weighted by Crippen LogP contribution is 2.15. The van der Waals surface area contributed by atoms with Crippen LogP contribution in [0.5, 0.6) is 0 Å². The van der Waals surface area contributed by atoms with Crippen LogP contribution in [-0.2, 0) is 9.39 Å². The summed E-state index contributed by atoms with van der Waals surface area (Å²) >= 11 is 0. The van der Waals surface area contributed by atoms with Crippen LogP contribution >= 0.6 is 0 Å². The zero-order valence-corrected chi connectivity index (χ0v) is 10.0. The Morgan fingerprint density at radius 1 is 1.56 bits per heavy atom. The molecule has 1 amide bonds. The van der Waals surface area contributed by atoms with Crippen LogP contribution in [0.15, 0.2) is 11.8 Å². The molecule has 0 spiro atoms. The van der Waals surface area contributed by atoms with Crippen LogP contribution in [0.25, 0.3) is 0 Å². The van der Waals surface area contributed by atoms with Crippen LogP contribution in [0.2, 0.25) is 0 Å². The summed E-state index contributed by atoms with van der Waals surface area (Å²) < 4.78 is 10.2. The fourth-order valence-corrected chi connectivity index (χ4v) is 1.36. The highest BCUT2D eigenvalue weighted by Gasteiger charge is 2.23. The van der Waals surface area contributed by atoms with Crippen molar-refractivity contribution >= 4 is 13.8 Å². The average Bonchev–Trinajstić information content (AvgIpc) is 2.16. The molecule has 5 nitrogen and oxygen atoms in total. The maximum atomic E-state index is 11.7. The van der Waals surface area contributed by atoms with Crippen molar-refractivity contribution in [2.45, 2.75) is 32.8 Å². The smallest absolute Gasteiger partial charge is 0.503 e. The Morgan fingerprint density at radius 2 is 2.25 bits per heavy atom. The topological polar surface area (TPSA) is 59.0 Å². The molecule has 16 heavy (non-hydrogen) atoms. The zero-order valence-electron chi connectivity index (χ0n) is 10.0. The summed E-state index contributed by atoms with van der Waals surface area (Å²) in [7, 11) is -0.321. The van der Waals surface area contributed by atoms with Gasteiger partial charge >= 0.3 is 13.8 Å². The van der Waals surface area contributed by atoms with Crippen LogP contribution in [0, 0.1) is 0 Å². The number of hydrogen-bond donors (Lipinski definition) is 1. The number of carbonyl (C=O) groups is 1. The van der Waals surface area contributed by atoms with E-state index in [9.17, 15) is 4.79 Å². The summed E-state index contributed by atoms with van der Waals surface area (Å²) in [5, 5.41) is 8.58. The summed E-state index contributed by atoms with van der Waals surface area (Å²) in [5.41, 5.74) is -0.470. The molecule has 0 aromatic carbocycles. The Bertz CT molecular complexity index is 285. The molecule has 1 aliphatic heterocycles. The van der Waals surface area contributed by atoms with E-state index in [1.54, 1.807) is 11.0 Å². The van der Waals surface area contributed by atoms with Gasteiger partial charge in [-0.1, -0.05) is 0 Å². The van der Waals surface area contributed by atoms with E-state index in [2.05, 4.69) is 0 Å². The SMILES string of the molecule is CC(C)(C)OC(=O)N1CC=C(OBO)CC1. The molecule has 0 saturated heterocycles. The van der Waals surface area contributed by atoms with Gasteiger partial charge in [0.05, 0.1) is 5.76 Å². The first-order valence-corrected chi connectivity index (χ1v) is 5.33. The van der Waals surface area contributed by atoms with Gasteiger partial charge < -0.3 is 19.3 Å². The van der Waals surface area contributed by atoms with Crippen molar-refractivity contribution in [3.63, 3.8) is 0 Å². The van der Waals surface area contributed by atoms with Crippen molar-refractivity contribution in [1.29, 1.82) is 0 Å². The monoisotopic (exact) mass is 227 g/mol. The van der Waals surface area contributed by atoms with E-state index >= 15 is 0 Å². The van der Waals surface area contributed by atoms with Gasteiger partial charge in [-0.05, 0) is 26.8 Å². The maximum absolute atomic E-state index is 11.7. The first kappa shape index (κ1) is 12.9. The fourth-order valence-electron chi connectivity index (χ4n) is 1.36. The van der Waals surface area contributed by atoms with Gasteiger partial charge in [-0.2, -0.15) is 0 Å². The first-order valence-electron chi connectivity index (χ1n) is 5.33. The highest BCUT2D eigenvalue weighted by molar-refractivity contribution is 6.16. The van der Waals surface area contributed by atoms with Gasteiger partial charge in [-0.3, -0.25) is 0 Å². The molecule has 0 saturated carbocycles. The van der Waals surface area contributed by atoms with Crippen molar-refractivity contribution < 1.29 is 19.2 Å². The standard InChI is InChI=1S/C10H18BNO4/c1-10(2,3)15-9(13)12-6-4-8(5-7-12)16-11-14/h4,11,14H,5-7H2,1-3H3. The molecule has 1 N–H and O–H groups in total. The largest absolute Gasteiger partial charge is 0.542 e. The van der Waals surface area contributed by atoms with Gasteiger partial charge in [-0.15, -0.1) is 0 Å². The molecule has 0 aliphatic carbocycles. The van der Waals surface area contributed by atoms with Gasteiger partial charge in [0.15, 0.2) is 0 Å². The highest BCUT2D eigenvalue weighted by atomic mass is 16.6. The molecule has 0 aromatic rings. The molecule has 0 fully saturated rings. The lowest BCUT2D eigenvalue weighted by Crippen LogP contribution is -2.39. The number of hydrogen-bond acceptors (Lipinski definition) is 4. The van der Waals surface area contributed by atoms with E-state index < -0.39 is 5.60 Å². The average molecular weight is 227 g/mol. The fraction of sp³-hybridized carbons (Fsp3) is 0.700. The first-order chi connectivity index (χ1) is 7.42. The van der Waals surface area contributed by atoms with Crippen LogP contribution in [0.1, 0.15) is 27.2 Å². The number of ether oxygens (including phenoxy) is 1. The molecule has 0 aromatic heterocycles. The van der Waals surface area contributed by atoms with Crippen LogP contribution in [0.4, 0.5) is 4.79 Å². The number of amides is 1. The Labute approximate surface area is 96.3 Å². The second-order valence-corrected chi connectivity index (χ2v) is 4.62. The number of nitrogens with zero attached hydrogens (tertiary/aromatic N) is 1. The molecule has 0 unspecified atom stereocenters. The molecular weight excluding hydrogens is 209 g/mol. The van der Waals surface area contributed by atoms with E-state index in [0.717, 1.165) is 5.76 Å². The molecule has 6 heteroatoms. The Kier molecular flexibility index (Phi) is 4.23. The predicted molar refractivity (Wildman–Crippen MR) is 61.0 cm³/mol. The maximum Gasteiger partial charge on any atom is 0.503 e. The van der Waals surface area contributed by atoms with E-state index in [-0.39, 0.29) is 13.8 Å². The van der Waals surface area contributed by atoms with Gasteiger partial charge in [-0.25, -0.2) is 4.79 Å². The molecule has 1 heterocycles. The summed E-state index contributed by atoms with van der Waals surface area (Å²) in [6.45, 7) is 6.53. The minimum absolute atomic E-state index is 0.313. The second kappa shape index (κ2) is 5.25. The predicted octanol–water partition coefficient (Wildman–Crippen LogP) is 0.786. The van der Waals surface area contributed by atoms with Gasteiger partial charge in [0.2, 0.25) is 0 Å². The Morgan fingerprint density at radius 3 is 2.69 bits per heavy atom. The van der Waals surface area contributed by atoms with Crippen molar-refractivity contribution in [3.05, 3.63) is 11.8 Å². The van der Waals surface area contributed by atoms with E-state index in [0.29, 0.717) is 19.5 Å². The summed E-state index contributed by atoms with van der Waals surface area (Å²) in [6.07, 6.45) is 2.08. The molecule has 90 valence electrons. The van der Waals surface area contributed by atoms with Gasteiger partial charge in [0, 0.05) is 19.5 Å². The third-order valence-corrected chi connectivity index (χ3v) is 2.07. The third-order valence-electron chi connectivity index (χ3n) is 2.07. The Hall–Kier alpha value is -1.17. The third kappa shape index (κ3) is 4.14. The van der Waals surface area contributed by atoms with Gasteiger partial charge in [0.1, 0.15) is 5.60 Å². The molecule has 1 rings (SSSR count). The van der Waals surface area contributed by atoms with Gasteiger partial charge in [0.25, 0.3) is 0 Å². The second-order valence-electron chi connectivity index (χ2n) is 4.62. The van der Waals surface area contributed by atoms with E-state index in [1.165, 1.54) is 0 Å². The van der Waals surface area contributed by atoms with E-state index in [1.807, 2.05) is 20.8 Å². The minimum Gasteiger partial charge on any atom is -0.542 e. The number of rotatable bonds is 2. The summed E-state index contributed by atoms with van der Waals surface area (Å²) in [4.78, 5) is 13.3. The lowest BCUT2D eigenvalue weighted by Gasteiger charge is -2.29. The molecule has 1 aliphatic rings. The minimum atomic E-state index is -0.470. The summed E-state index contributed by atoms with van der Waals surface area (Å²) in [6, 6.07) is 0. The van der Waals surface area contributed by atoms with Crippen molar-refractivity contribution in [2.75, 3.05) is 13.1 Å². The molecular formula is C10H18BNO4. The summed E-state index contributed by atoms with van der Waals surface area (Å²) in [5.74, 6) is 0.724. The van der Waals surface area contributed by atoms with Crippen molar-refractivity contribution in [2.24, 2.45) is 0 Å². The van der Waals surface area contributed by atoms with Crippen molar-refractivity contribution in [3.8, 4) is 0 Å². The van der Waals surface area contributed by atoms with Crippen LogP contribution in [0.3, 0.4) is 0 Å². The quantitative estimate of drug-likeness (QED) is 0.708. The van der Waals surface area contributed by atoms with Crippen LogP contribution in [-0.4, -0.2) is 42.4 Å². The lowest BCUT2D eigenvalue weighted by molar-refractivity contribution is 0.0258. The molecule has 0 bridgehead atoms. The lowest BCUT2D eigenvalue weighted by atomic mass is 10.2. The zero-order chi connectivity index (χ0) is 12.2. The Balaban J connectivity index is 2.44.